The Morgan fingerprint density at radius 3 is 2.47 bits per heavy atom. The highest BCUT2D eigenvalue weighted by Crippen LogP contribution is 2.23. The molecular formula is C11H17NO2S. The van der Waals surface area contributed by atoms with Crippen LogP contribution in [0.3, 0.4) is 0 Å². The number of sulfone groups is 1. The van der Waals surface area contributed by atoms with Crippen molar-refractivity contribution < 1.29 is 8.42 Å². The molecule has 15 heavy (non-hydrogen) atoms. The van der Waals surface area contributed by atoms with Crippen molar-refractivity contribution in [3.05, 3.63) is 23.8 Å². The van der Waals surface area contributed by atoms with Crippen LogP contribution in [-0.4, -0.2) is 20.7 Å². The number of aryl methyl sites for hydroxylation is 1. The highest BCUT2D eigenvalue weighted by atomic mass is 32.2. The van der Waals surface area contributed by atoms with E-state index in [2.05, 4.69) is 5.32 Å². The van der Waals surface area contributed by atoms with Crippen LogP contribution in [-0.2, 0) is 9.84 Å². The number of rotatable bonds is 4. The van der Waals surface area contributed by atoms with E-state index in [4.69, 9.17) is 0 Å². The molecule has 0 aliphatic carbocycles. The van der Waals surface area contributed by atoms with Crippen molar-refractivity contribution in [3.8, 4) is 0 Å². The van der Waals surface area contributed by atoms with Gasteiger partial charge in [-0.05, 0) is 31.5 Å². The van der Waals surface area contributed by atoms with Gasteiger partial charge in [0.05, 0.1) is 16.3 Å². The quantitative estimate of drug-likeness (QED) is 0.858. The molecule has 0 aromatic heterocycles. The molecule has 0 aliphatic heterocycles. The van der Waals surface area contributed by atoms with Gasteiger partial charge in [-0.25, -0.2) is 8.42 Å². The SMILES string of the molecule is CCNc1cc(C)ccc1S(=O)(=O)CC. The fraction of sp³-hybridized carbons (Fsp3) is 0.455. The molecule has 0 bridgehead atoms. The Morgan fingerprint density at radius 2 is 1.93 bits per heavy atom. The lowest BCUT2D eigenvalue weighted by molar-refractivity contribution is 0.597. The molecule has 1 aromatic rings. The third-order valence-corrected chi connectivity index (χ3v) is 4.00. The molecule has 0 amide bonds. The summed E-state index contributed by atoms with van der Waals surface area (Å²) in [6.07, 6.45) is 0. The topological polar surface area (TPSA) is 46.2 Å². The fourth-order valence-electron chi connectivity index (χ4n) is 1.40. The van der Waals surface area contributed by atoms with Crippen molar-refractivity contribution in [3.63, 3.8) is 0 Å². The first-order valence-corrected chi connectivity index (χ1v) is 6.73. The van der Waals surface area contributed by atoms with Crippen molar-refractivity contribution in [2.24, 2.45) is 0 Å². The van der Waals surface area contributed by atoms with Crippen LogP contribution in [0.5, 0.6) is 0 Å². The average molecular weight is 227 g/mol. The summed E-state index contributed by atoms with van der Waals surface area (Å²) >= 11 is 0. The Balaban J connectivity index is 3.29. The highest BCUT2D eigenvalue weighted by molar-refractivity contribution is 7.91. The van der Waals surface area contributed by atoms with Crippen LogP contribution >= 0.6 is 0 Å². The number of hydrogen-bond acceptors (Lipinski definition) is 3. The minimum Gasteiger partial charge on any atom is -0.384 e. The maximum absolute atomic E-state index is 11.8. The molecule has 1 N–H and O–H groups in total. The van der Waals surface area contributed by atoms with E-state index >= 15 is 0 Å². The molecule has 0 aliphatic rings. The Bertz CT molecular complexity index is 438. The van der Waals surface area contributed by atoms with Gasteiger partial charge in [-0.15, -0.1) is 0 Å². The van der Waals surface area contributed by atoms with Gasteiger partial charge < -0.3 is 5.32 Å². The first-order chi connectivity index (χ1) is 7.01. The van der Waals surface area contributed by atoms with Crippen molar-refractivity contribution in [2.45, 2.75) is 25.7 Å². The van der Waals surface area contributed by atoms with Crippen LogP contribution in [0.4, 0.5) is 5.69 Å². The molecule has 0 spiro atoms. The molecular weight excluding hydrogens is 210 g/mol. The van der Waals surface area contributed by atoms with Crippen LogP contribution in [0, 0.1) is 6.92 Å². The lowest BCUT2D eigenvalue weighted by Gasteiger charge is -2.11. The molecule has 0 atom stereocenters. The first-order valence-electron chi connectivity index (χ1n) is 5.08. The van der Waals surface area contributed by atoms with Gasteiger partial charge in [0.2, 0.25) is 0 Å². The van der Waals surface area contributed by atoms with Crippen LogP contribution in [0.2, 0.25) is 0 Å². The maximum atomic E-state index is 11.8. The molecule has 3 nitrogen and oxygen atoms in total. The van der Waals surface area contributed by atoms with Crippen molar-refractivity contribution in [2.75, 3.05) is 17.6 Å². The summed E-state index contributed by atoms with van der Waals surface area (Å²) < 4.78 is 23.5. The third-order valence-electron chi connectivity index (χ3n) is 2.22. The second kappa shape index (κ2) is 4.66. The van der Waals surface area contributed by atoms with E-state index in [1.807, 2.05) is 26.0 Å². The zero-order valence-electron chi connectivity index (χ0n) is 9.37. The molecule has 0 saturated carbocycles. The molecule has 84 valence electrons. The van der Waals surface area contributed by atoms with Gasteiger partial charge in [-0.1, -0.05) is 13.0 Å². The van der Waals surface area contributed by atoms with Crippen LogP contribution < -0.4 is 5.32 Å². The van der Waals surface area contributed by atoms with Crippen molar-refractivity contribution >= 4 is 15.5 Å². The number of nitrogens with one attached hydrogen (secondary N) is 1. The lowest BCUT2D eigenvalue weighted by Crippen LogP contribution is -2.09. The normalized spacial score (nSPS) is 11.4. The minimum atomic E-state index is -3.13. The average Bonchev–Trinajstić information content (AvgIpc) is 2.18. The van der Waals surface area contributed by atoms with Gasteiger partial charge in [0.25, 0.3) is 0 Å². The zero-order chi connectivity index (χ0) is 11.5. The van der Waals surface area contributed by atoms with Gasteiger partial charge in [0.1, 0.15) is 0 Å². The van der Waals surface area contributed by atoms with E-state index < -0.39 is 9.84 Å². The Morgan fingerprint density at radius 1 is 1.27 bits per heavy atom. The van der Waals surface area contributed by atoms with Gasteiger partial charge in [0, 0.05) is 6.54 Å². The smallest absolute Gasteiger partial charge is 0.180 e. The monoisotopic (exact) mass is 227 g/mol. The molecule has 0 fully saturated rings. The first kappa shape index (κ1) is 12.0. The molecule has 0 unspecified atom stereocenters. The van der Waals surface area contributed by atoms with Gasteiger partial charge in [-0.2, -0.15) is 0 Å². The van der Waals surface area contributed by atoms with Crippen molar-refractivity contribution in [1.82, 2.24) is 0 Å². The molecule has 1 rings (SSSR count). The summed E-state index contributed by atoms with van der Waals surface area (Å²) in [6.45, 7) is 6.27. The van der Waals surface area contributed by atoms with Gasteiger partial charge >= 0.3 is 0 Å². The van der Waals surface area contributed by atoms with Gasteiger partial charge in [0.15, 0.2) is 9.84 Å². The van der Waals surface area contributed by atoms with E-state index in [1.165, 1.54) is 0 Å². The second-order valence-corrected chi connectivity index (χ2v) is 5.68. The summed E-state index contributed by atoms with van der Waals surface area (Å²) in [5.41, 5.74) is 1.76. The Kier molecular flexibility index (Phi) is 3.74. The van der Waals surface area contributed by atoms with Gasteiger partial charge in [-0.3, -0.25) is 0 Å². The van der Waals surface area contributed by atoms with Crippen LogP contribution in [0.25, 0.3) is 0 Å². The predicted molar refractivity (Wildman–Crippen MR) is 63.1 cm³/mol. The van der Waals surface area contributed by atoms with E-state index in [1.54, 1.807) is 13.0 Å². The molecule has 0 heterocycles. The second-order valence-electron chi connectivity index (χ2n) is 3.43. The standard InChI is InChI=1S/C11H17NO2S/c1-4-12-10-8-9(3)6-7-11(10)15(13,14)5-2/h6-8,12H,4-5H2,1-3H3. The van der Waals surface area contributed by atoms with Crippen LogP contribution in [0.15, 0.2) is 23.1 Å². The van der Waals surface area contributed by atoms with E-state index in [0.29, 0.717) is 10.6 Å². The number of hydrogen-bond donors (Lipinski definition) is 1. The van der Waals surface area contributed by atoms with E-state index in [-0.39, 0.29) is 5.75 Å². The van der Waals surface area contributed by atoms with E-state index in [0.717, 1.165) is 12.1 Å². The summed E-state index contributed by atoms with van der Waals surface area (Å²) in [5, 5.41) is 3.08. The minimum absolute atomic E-state index is 0.133. The summed E-state index contributed by atoms with van der Waals surface area (Å²) in [5.74, 6) is 0.133. The third kappa shape index (κ3) is 2.72. The summed E-state index contributed by atoms with van der Waals surface area (Å²) in [7, 11) is -3.13. The zero-order valence-corrected chi connectivity index (χ0v) is 10.2. The lowest BCUT2D eigenvalue weighted by atomic mass is 10.2. The number of anilines is 1. The highest BCUT2D eigenvalue weighted by Gasteiger charge is 2.15. The number of benzene rings is 1. The predicted octanol–water partition coefficient (Wildman–Crippen LogP) is 2.22. The van der Waals surface area contributed by atoms with E-state index in [9.17, 15) is 8.42 Å². The molecule has 0 radical (unpaired) electrons. The maximum Gasteiger partial charge on any atom is 0.180 e. The molecule has 1 aromatic carbocycles. The summed E-state index contributed by atoms with van der Waals surface area (Å²) in [6, 6.07) is 5.36. The summed E-state index contributed by atoms with van der Waals surface area (Å²) in [4.78, 5) is 0.400. The molecule has 0 saturated heterocycles. The Labute approximate surface area is 91.4 Å². The van der Waals surface area contributed by atoms with Crippen LogP contribution in [0.1, 0.15) is 19.4 Å². The molecule has 4 heteroatoms. The Hall–Kier alpha value is -1.03. The largest absolute Gasteiger partial charge is 0.384 e. The van der Waals surface area contributed by atoms with Crippen molar-refractivity contribution in [1.29, 1.82) is 0 Å². The fourth-order valence-corrected chi connectivity index (χ4v) is 2.45.